The Morgan fingerprint density at radius 3 is 2.00 bits per heavy atom. The second-order valence-electron chi connectivity index (χ2n) is 4.60. The third kappa shape index (κ3) is 3.75. The lowest BCUT2D eigenvalue weighted by atomic mass is 9.89. The molecule has 0 aliphatic rings. The number of rotatable bonds is 7. The molecule has 0 aliphatic heterocycles. The third-order valence-electron chi connectivity index (χ3n) is 3.14. The molecule has 0 N–H and O–H groups in total. The van der Waals surface area contributed by atoms with E-state index in [1.54, 1.807) is 0 Å². The zero-order valence-corrected chi connectivity index (χ0v) is 11.6. The lowest BCUT2D eigenvalue weighted by molar-refractivity contribution is 0.0896. The van der Waals surface area contributed by atoms with Gasteiger partial charge >= 0.3 is 0 Å². The van der Waals surface area contributed by atoms with Gasteiger partial charge in [0.2, 0.25) is 0 Å². The molecule has 0 amide bonds. The maximum atomic E-state index is 13.8. The Bertz CT molecular complexity index is 415. The van der Waals surface area contributed by atoms with Gasteiger partial charge in [-0.3, -0.25) is 4.79 Å². The van der Waals surface area contributed by atoms with Crippen LogP contribution >= 0.6 is 0 Å². The van der Waals surface area contributed by atoms with E-state index in [-0.39, 0.29) is 11.7 Å². The van der Waals surface area contributed by atoms with E-state index in [9.17, 15) is 13.6 Å². The summed E-state index contributed by atoms with van der Waals surface area (Å²) in [5.74, 6) is -2.37. The fourth-order valence-corrected chi connectivity index (χ4v) is 2.21. The molecule has 19 heavy (non-hydrogen) atoms. The van der Waals surface area contributed by atoms with Crippen LogP contribution in [0.2, 0.25) is 0 Å². The summed E-state index contributed by atoms with van der Waals surface area (Å²) in [7, 11) is 1.33. The minimum atomic E-state index is -0.848. The number of Topliss-reactive ketones (excluding diaryl/α,β-unsaturated/α-hetero) is 1. The van der Waals surface area contributed by atoms with Crippen LogP contribution in [0.5, 0.6) is 5.75 Å². The Kier molecular flexibility index (Phi) is 5.93. The Morgan fingerprint density at radius 1 is 1.16 bits per heavy atom. The number of halogens is 2. The highest BCUT2D eigenvalue weighted by Gasteiger charge is 2.25. The average Bonchev–Trinajstić information content (AvgIpc) is 2.37. The molecular weight excluding hydrogens is 250 g/mol. The third-order valence-corrected chi connectivity index (χ3v) is 3.14. The van der Waals surface area contributed by atoms with Crippen molar-refractivity contribution in [1.29, 1.82) is 0 Å². The van der Waals surface area contributed by atoms with Gasteiger partial charge in [0.05, 0.1) is 12.7 Å². The van der Waals surface area contributed by atoms with Gasteiger partial charge in [0.1, 0.15) is 17.4 Å². The predicted octanol–water partition coefficient (Wildman–Crippen LogP) is 4.37. The first-order chi connectivity index (χ1) is 9.04. The van der Waals surface area contributed by atoms with Crippen LogP contribution < -0.4 is 4.74 Å². The standard InChI is InChI=1S/C15H20F2O2/c1-4-6-10(7-5-2)15(18)14-12(16)8-11(19-3)9-13(14)17/h8-10H,4-7H2,1-3H3. The molecule has 2 nitrogen and oxygen atoms in total. The van der Waals surface area contributed by atoms with E-state index in [4.69, 9.17) is 4.74 Å². The normalized spacial score (nSPS) is 10.8. The molecule has 106 valence electrons. The van der Waals surface area contributed by atoms with Crippen molar-refractivity contribution < 1.29 is 18.3 Å². The fraction of sp³-hybridized carbons (Fsp3) is 0.533. The van der Waals surface area contributed by atoms with E-state index in [1.165, 1.54) is 7.11 Å². The Morgan fingerprint density at radius 2 is 1.63 bits per heavy atom. The number of methoxy groups -OCH3 is 1. The summed E-state index contributed by atoms with van der Waals surface area (Å²) in [6.45, 7) is 3.91. The van der Waals surface area contributed by atoms with Crippen molar-refractivity contribution >= 4 is 5.78 Å². The van der Waals surface area contributed by atoms with Crippen molar-refractivity contribution in [3.8, 4) is 5.75 Å². The SMILES string of the molecule is CCCC(CCC)C(=O)c1c(F)cc(OC)cc1F. The first kappa shape index (κ1) is 15.6. The highest BCUT2D eigenvalue weighted by atomic mass is 19.1. The molecular formula is C15H20F2O2. The maximum Gasteiger partial charge on any atom is 0.171 e. The Hall–Kier alpha value is -1.45. The minimum Gasteiger partial charge on any atom is -0.497 e. The first-order valence-corrected chi connectivity index (χ1v) is 6.62. The van der Waals surface area contributed by atoms with Crippen molar-refractivity contribution in [2.24, 2.45) is 5.92 Å². The summed E-state index contributed by atoms with van der Waals surface area (Å²) in [5.41, 5.74) is -0.437. The summed E-state index contributed by atoms with van der Waals surface area (Å²) in [6, 6.07) is 2.09. The quantitative estimate of drug-likeness (QED) is 0.687. The van der Waals surface area contributed by atoms with Crippen LogP contribution in [0.3, 0.4) is 0 Å². The molecule has 1 rings (SSSR count). The number of hydrogen-bond acceptors (Lipinski definition) is 2. The second-order valence-corrected chi connectivity index (χ2v) is 4.60. The van der Waals surface area contributed by atoms with Gasteiger partial charge in [-0.1, -0.05) is 26.7 Å². The molecule has 4 heteroatoms. The number of hydrogen-bond donors (Lipinski definition) is 0. The van der Waals surface area contributed by atoms with E-state index in [0.29, 0.717) is 12.8 Å². The monoisotopic (exact) mass is 270 g/mol. The van der Waals surface area contributed by atoms with Crippen LogP contribution in [0.25, 0.3) is 0 Å². The Labute approximate surface area is 112 Å². The molecule has 0 bridgehead atoms. The van der Waals surface area contributed by atoms with Crippen LogP contribution in [-0.4, -0.2) is 12.9 Å². The smallest absolute Gasteiger partial charge is 0.171 e. The molecule has 0 heterocycles. The van der Waals surface area contributed by atoms with Gasteiger partial charge in [-0.2, -0.15) is 0 Å². The molecule has 0 radical (unpaired) electrons. The van der Waals surface area contributed by atoms with Crippen molar-refractivity contribution in [3.63, 3.8) is 0 Å². The topological polar surface area (TPSA) is 26.3 Å². The van der Waals surface area contributed by atoms with Crippen LogP contribution in [0, 0.1) is 17.6 Å². The highest BCUT2D eigenvalue weighted by Crippen LogP contribution is 2.26. The van der Waals surface area contributed by atoms with Gasteiger partial charge in [-0.15, -0.1) is 0 Å². The van der Waals surface area contributed by atoms with E-state index in [1.807, 2.05) is 13.8 Å². The highest BCUT2D eigenvalue weighted by molar-refractivity contribution is 5.98. The molecule has 0 atom stereocenters. The van der Waals surface area contributed by atoms with Gasteiger partial charge in [0, 0.05) is 18.1 Å². The molecule has 0 aromatic heterocycles. The van der Waals surface area contributed by atoms with Crippen LogP contribution in [0.1, 0.15) is 49.9 Å². The molecule has 0 spiro atoms. The number of carbonyl (C=O) groups is 1. The minimum absolute atomic E-state index is 0.0779. The molecule has 0 unspecified atom stereocenters. The summed E-state index contributed by atoms with van der Waals surface area (Å²) < 4.78 is 32.5. The summed E-state index contributed by atoms with van der Waals surface area (Å²) >= 11 is 0. The van der Waals surface area contributed by atoms with Crippen LogP contribution in [0.4, 0.5) is 8.78 Å². The summed E-state index contributed by atoms with van der Waals surface area (Å²) in [6.07, 6.45) is 2.93. The van der Waals surface area contributed by atoms with Gasteiger partial charge < -0.3 is 4.74 Å². The zero-order valence-electron chi connectivity index (χ0n) is 11.6. The Balaban J connectivity index is 3.10. The predicted molar refractivity (Wildman–Crippen MR) is 70.5 cm³/mol. The molecule has 0 fully saturated rings. The lowest BCUT2D eigenvalue weighted by Crippen LogP contribution is -2.18. The van der Waals surface area contributed by atoms with E-state index in [0.717, 1.165) is 25.0 Å². The number of ether oxygens (including phenoxy) is 1. The van der Waals surface area contributed by atoms with Gasteiger partial charge in [0.15, 0.2) is 5.78 Å². The number of benzene rings is 1. The first-order valence-electron chi connectivity index (χ1n) is 6.62. The van der Waals surface area contributed by atoms with Gasteiger partial charge in [-0.05, 0) is 12.8 Å². The molecule has 1 aromatic rings. The molecule has 0 saturated heterocycles. The van der Waals surface area contributed by atoms with Crippen LogP contribution in [0.15, 0.2) is 12.1 Å². The van der Waals surface area contributed by atoms with Crippen molar-refractivity contribution in [3.05, 3.63) is 29.3 Å². The summed E-state index contributed by atoms with van der Waals surface area (Å²) in [4.78, 5) is 12.2. The summed E-state index contributed by atoms with van der Waals surface area (Å²) in [5, 5.41) is 0. The van der Waals surface area contributed by atoms with Gasteiger partial charge in [0.25, 0.3) is 0 Å². The van der Waals surface area contributed by atoms with E-state index < -0.39 is 23.0 Å². The second kappa shape index (κ2) is 7.22. The fourth-order valence-electron chi connectivity index (χ4n) is 2.21. The molecule has 0 saturated carbocycles. The van der Waals surface area contributed by atoms with Crippen LogP contribution in [-0.2, 0) is 0 Å². The molecule has 0 aliphatic carbocycles. The van der Waals surface area contributed by atoms with E-state index in [2.05, 4.69) is 0 Å². The lowest BCUT2D eigenvalue weighted by Gasteiger charge is -2.15. The van der Waals surface area contributed by atoms with Crippen molar-refractivity contribution in [2.75, 3.05) is 7.11 Å². The van der Waals surface area contributed by atoms with E-state index >= 15 is 0 Å². The number of ketones is 1. The molecule has 1 aromatic carbocycles. The van der Waals surface area contributed by atoms with Crippen molar-refractivity contribution in [1.82, 2.24) is 0 Å². The average molecular weight is 270 g/mol. The largest absolute Gasteiger partial charge is 0.497 e. The maximum absolute atomic E-state index is 13.8. The van der Waals surface area contributed by atoms with Crippen molar-refractivity contribution in [2.45, 2.75) is 39.5 Å². The zero-order chi connectivity index (χ0) is 14.4. The van der Waals surface area contributed by atoms with Gasteiger partial charge in [-0.25, -0.2) is 8.78 Å². The number of carbonyl (C=O) groups excluding carboxylic acids is 1.